The molecule has 112 valence electrons. The molecule has 2 nitrogen and oxygen atoms in total. The molecule has 0 saturated heterocycles. The minimum atomic E-state index is -0.170. The summed E-state index contributed by atoms with van der Waals surface area (Å²) in [5.41, 5.74) is 7.51. The molecule has 0 heterocycles. The van der Waals surface area contributed by atoms with Crippen molar-refractivity contribution in [1.29, 1.82) is 0 Å². The number of hydrogen-bond acceptors (Lipinski definition) is 2. The summed E-state index contributed by atoms with van der Waals surface area (Å²) in [6, 6.07) is 6.79. The predicted molar refractivity (Wildman–Crippen MR) is 81.9 cm³/mol. The summed E-state index contributed by atoms with van der Waals surface area (Å²) < 4.78 is 12.9. The molecule has 1 aromatic carbocycles. The first-order valence-electron chi connectivity index (χ1n) is 7.66. The molecular weight excluding hydrogens is 251 g/mol. The second kappa shape index (κ2) is 6.68. The lowest BCUT2D eigenvalue weighted by atomic mass is 9.70. The van der Waals surface area contributed by atoms with Gasteiger partial charge in [0.25, 0.3) is 0 Å². The third-order valence-electron chi connectivity index (χ3n) is 4.74. The van der Waals surface area contributed by atoms with Gasteiger partial charge in [0, 0.05) is 13.1 Å². The fourth-order valence-corrected chi connectivity index (χ4v) is 3.33. The molecule has 20 heavy (non-hydrogen) atoms. The maximum Gasteiger partial charge on any atom is 0.123 e. The standard InChI is InChI=1S/C17H27FN2/c1-14-7-9-17(12-19,10-8-14)13-20(2)11-15-3-5-16(18)6-4-15/h3-6,14H,7-13,19H2,1-2H3. The molecule has 0 aromatic heterocycles. The molecule has 1 fully saturated rings. The first kappa shape index (κ1) is 15.5. The molecule has 0 spiro atoms. The number of benzene rings is 1. The van der Waals surface area contributed by atoms with Gasteiger partial charge in [0.2, 0.25) is 0 Å². The number of halogens is 1. The number of nitrogens with zero attached hydrogens (tertiary/aromatic N) is 1. The Balaban J connectivity index is 1.92. The highest BCUT2D eigenvalue weighted by Gasteiger charge is 2.33. The molecule has 1 saturated carbocycles. The van der Waals surface area contributed by atoms with Crippen LogP contribution in [0.2, 0.25) is 0 Å². The SMILES string of the molecule is CC1CCC(CN)(CN(C)Cc2ccc(F)cc2)CC1. The van der Waals surface area contributed by atoms with Gasteiger partial charge in [-0.25, -0.2) is 4.39 Å². The lowest BCUT2D eigenvalue weighted by Crippen LogP contribution is -2.43. The van der Waals surface area contributed by atoms with E-state index in [1.807, 2.05) is 12.1 Å². The lowest BCUT2D eigenvalue weighted by molar-refractivity contribution is 0.105. The van der Waals surface area contributed by atoms with Gasteiger partial charge in [-0.15, -0.1) is 0 Å². The van der Waals surface area contributed by atoms with Crippen LogP contribution in [0.1, 0.15) is 38.2 Å². The zero-order valence-electron chi connectivity index (χ0n) is 12.7. The van der Waals surface area contributed by atoms with Crippen LogP contribution in [0.4, 0.5) is 4.39 Å². The topological polar surface area (TPSA) is 29.3 Å². The molecule has 2 rings (SSSR count). The van der Waals surface area contributed by atoms with Crippen LogP contribution in [0.5, 0.6) is 0 Å². The summed E-state index contributed by atoms with van der Waals surface area (Å²) in [6.07, 6.45) is 5.06. The highest BCUT2D eigenvalue weighted by molar-refractivity contribution is 5.15. The normalized spacial score (nSPS) is 26.9. The van der Waals surface area contributed by atoms with Crippen molar-refractivity contribution in [3.63, 3.8) is 0 Å². The Hall–Kier alpha value is -0.930. The lowest BCUT2D eigenvalue weighted by Gasteiger charge is -2.41. The van der Waals surface area contributed by atoms with Gasteiger partial charge in [0.05, 0.1) is 0 Å². The second-order valence-corrected chi connectivity index (χ2v) is 6.69. The monoisotopic (exact) mass is 278 g/mol. The number of hydrogen-bond donors (Lipinski definition) is 1. The average Bonchev–Trinajstić information content (AvgIpc) is 2.44. The largest absolute Gasteiger partial charge is 0.330 e. The molecule has 2 N–H and O–H groups in total. The van der Waals surface area contributed by atoms with Crippen LogP contribution in [0.3, 0.4) is 0 Å². The van der Waals surface area contributed by atoms with Crippen molar-refractivity contribution in [2.45, 2.75) is 39.2 Å². The minimum absolute atomic E-state index is 0.170. The van der Waals surface area contributed by atoms with E-state index in [0.717, 1.165) is 31.1 Å². The first-order chi connectivity index (χ1) is 9.53. The van der Waals surface area contributed by atoms with Crippen LogP contribution in [0.25, 0.3) is 0 Å². The molecule has 1 aromatic rings. The summed E-state index contributed by atoms with van der Waals surface area (Å²) >= 11 is 0. The van der Waals surface area contributed by atoms with Crippen LogP contribution in [0, 0.1) is 17.2 Å². The summed E-state index contributed by atoms with van der Waals surface area (Å²) in [5.74, 6) is 0.674. The Morgan fingerprint density at radius 1 is 1.25 bits per heavy atom. The van der Waals surface area contributed by atoms with Crippen molar-refractivity contribution >= 4 is 0 Å². The van der Waals surface area contributed by atoms with Crippen molar-refractivity contribution in [3.05, 3.63) is 35.6 Å². The molecule has 3 heteroatoms. The van der Waals surface area contributed by atoms with Gasteiger partial charge in [-0.2, -0.15) is 0 Å². The minimum Gasteiger partial charge on any atom is -0.330 e. The molecule has 1 aliphatic carbocycles. The maximum absolute atomic E-state index is 12.9. The van der Waals surface area contributed by atoms with Gasteiger partial charge in [0.1, 0.15) is 5.82 Å². The quantitative estimate of drug-likeness (QED) is 0.894. The van der Waals surface area contributed by atoms with Crippen molar-refractivity contribution < 1.29 is 4.39 Å². The van der Waals surface area contributed by atoms with E-state index in [1.165, 1.54) is 37.8 Å². The fraction of sp³-hybridized carbons (Fsp3) is 0.647. The summed E-state index contributed by atoms with van der Waals surface area (Å²) in [4.78, 5) is 2.33. The number of nitrogens with two attached hydrogens (primary N) is 1. The van der Waals surface area contributed by atoms with Gasteiger partial charge < -0.3 is 10.6 Å². The molecular formula is C17H27FN2. The van der Waals surface area contributed by atoms with Gasteiger partial charge in [0.15, 0.2) is 0 Å². The van der Waals surface area contributed by atoms with Crippen molar-refractivity contribution in [3.8, 4) is 0 Å². The molecule has 0 radical (unpaired) electrons. The third kappa shape index (κ3) is 4.03. The van der Waals surface area contributed by atoms with Crippen LogP contribution in [-0.2, 0) is 6.54 Å². The van der Waals surface area contributed by atoms with Gasteiger partial charge in [-0.3, -0.25) is 0 Å². The maximum atomic E-state index is 12.9. The van der Waals surface area contributed by atoms with Gasteiger partial charge in [-0.05, 0) is 55.5 Å². The molecule has 0 bridgehead atoms. The molecule has 1 aliphatic rings. The van der Waals surface area contributed by atoms with Crippen LogP contribution < -0.4 is 5.73 Å². The van der Waals surface area contributed by atoms with Crippen LogP contribution in [-0.4, -0.2) is 25.0 Å². The Bertz CT molecular complexity index is 408. The Morgan fingerprint density at radius 3 is 2.40 bits per heavy atom. The fourth-order valence-electron chi connectivity index (χ4n) is 3.33. The van der Waals surface area contributed by atoms with E-state index in [-0.39, 0.29) is 11.2 Å². The molecule has 0 amide bonds. The van der Waals surface area contributed by atoms with Crippen molar-refractivity contribution in [2.75, 3.05) is 20.1 Å². The molecule has 0 unspecified atom stereocenters. The van der Waals surface area contributed by atoms with E-state index >= 15 is 0 Å². The van der Waals surface area contributed by atoms with Gasteiger partial charge in [-0.1, -0.05) is 31.9 Å². The Morgan fingerprint density at radius 2 is 1.85 bits per heavy atom. The van der Waals surface area contributed by atoms with E-state index in [4.69, 9.17) is 5.73 Å². The Labute approximate surface area is 122 Å². The highest BCUT2D eigenvalue weighted by Crippen LogP contribution is 2.38. The zero-order valence-corrected chi connectivity index (χ0v) is 12.7. The number of rotatable bonds is 5. The van der Waals surface area contributed by atoms with Crippen molar-refractivity contribution in [1.82, 2.24) is 4.90 Å². The average molecular weight is 278 g/mol. The van der Waals surface area contributed by atoms with E-state index in [2.05, 4.69) is 18.9 Å². The zero-order chi connectivity index (χ0) is 14.6. The third-order valence-corrected chi connectivity index (χ3v) is 4.74. The first-order valence-corrected chi connectivity index (χ1v) is 7.66. The van der Waals surface area contributed by atoms with Gasteiger partial charge >= 0.3 is 0 Å². The smallest absolute Gasteiger partial charge is 0.123 e. The van der Waals surface area contributed by atoms with E-state index in [0.29, 0.717) is 0 Å². The predicted octanol–water partition coefficient (Wildman–Crippen LogP) is 3.41. The summed E-state index contributed by atoms with van der Waals surface area (Å²) in [7, 11) is 2.14. The van der Waals surface area contributed by atoms with E-state index in [1.54, 1.807) is 0 Å². The van der Waals surface area contributed by atoms with Crippen LogP contribution in [0.15, 0.2) is 24.3 Å². The highest BCUT2D eigenvalue weighted by atomic mass is 19.1. The molecule has 0 aliphatic heterocycles. The van der Waals surface area contributed by atoms with E-state index < -0.39 is 0 Å². The summed E-state index contributed by atoms with van der Waals surface area (Å²) in [6.45, 7) is 5.00. The van der Waals surface area contributed by atoms with Crippen LogP contribution >= 0.6 is 0 Å². The van der Waals surface area contributed by atoms with Crippen molar-refractivity contribution in [2.24, 2.45) is 17.1 Å². The second-order valence-electron chi connectivity index (χ2n) is 6.69. The Kier molecular flexibility index (Phi) is 5.17. The molecule has 0 atom stereocenters. The van der Waals surface area contributed by atoms with E-state index in [9.17, 15) is 4.39 Å². The summed E-state index contributed by atoms with van der Waals surface area (Å²) in [5, 5.41) is 0.